The van der Waals surface area contributed by atoms with Crippen LogP contribution >= 0.6 is 27.3 Å². The highest BCUT2D eigenvalue weighted by Crippen LogP contribution is 2.33. The molecule has 0 bridgehead atoms. The van der Waals surface area contributed by atoms with Gasteiger partial charge in [-0.2, -0.15) is 13.2 Å². The Morgan fingerprint density at radius 1 is 1.21 bits per heavy atom. The fourth-order valence-electron chi connectivity index (χ4n) is 2.73. The van der Waals surface area contributed by atoms with Crippen molar-refractivity contribution < 1.29 is 17.4 Å². The van der Waals surface area contributed by atoms with Crippen molar-refractivity contribution in [3.05, 3.63) is 68.2 Å². The van der Waals surface area contributed by atoms with Gasteiger partial charge in [-0.25, -0.2) is 9.19 Å². The summed E-state index contributed by atoms with van der Waals surface area (Å²) < 4.78 is 60.3. The van der Waals surface area contributed by atoms with Crippen molar-refractivity contribution in [3.8, 4) is 11.3 Å². The number of pyridine rings is 1. The van der Waals surface area contributed by atoms with Gasteiger partial charge in [0.1, 0.15) is 10.7 Å². The van der Waals surface area contributed by atoms with Crippen LogP contribution in [0.5, 0.6) is 0 Å². The summed E-state index contributed by atoms with van der Waals surface area (Å²) in [5, 5.41) is -0.218. The third-order valence-electron chi connectivity index (χ3n) is 4.41. The number of rotatable bonds is 5. The Labute approximate surface area is 179 Å². The number of hydrogen-bond donors (Lipinski definition) is 1. The van der Waals surface area contributed by atoms with Crippen LogP contribution in [0, 0.1) is 11.7 Å². The number of alkyl halides is 3. The Kier molecular flexibility index (Phi) is 6.16. The minimum absolute atomic E-state index is 0.0722. The SMILES string of the molecule is Cc1sc(CS(=N)(=O)C(C)c2ccc(C(F)(F)F)nc2)nc1-c1ccc(Br)cc1. The number of nitrogens with one attached hydrogen (secondary N) is 1. The highest BCUT2D eigenvalue weighted by atomic mass is 79.9. The molecule has 0 saturated heterocycles. The van der Waals surface area contributed by atoms with Gasteiger partial charge in [0.15, 0.2) is 0 Å². The number of thiazole rings is 1. The zero-order chi connectivity index (χ0) is 21.4. The molecule has 4 nitrogen and oxygen atoms in total. The van der Waals surface area contributed by atoms with Gasteiger partial charge in [0.2, 0.25) is 0 Å². The lowest BCUT2D eigenvalue weighted by molar-refractivity contribution is -0.141. The van der Waals surface area contributed by atoms with Crippen LogP contribution in [0.3, 0.4) is 0 Å². The molecule has 29 heavy (non-hydrogen) atoms. The van der Waals surface area contributed by atoms with Crippen molar-refractivity contribution in [3.63, 3.8) is 0 Å². The highest BCUT2D eigenvalue weighted by molar-refractivity contribution is 9.10. The number of halogens is 4. The molecule has 0 aliphatic heterocycles. The quantitative estimate of drug-likeness (QED) is 0.426. The smallest absolute Gasteiger partial charge is 0.252 e. The van der Waals surface area contributed by atoms with Gasteiger partial charge in [-0.3, -0.25) is 9.76 Å². The summed E-state index contributed by atoms with van der Waals surface area (Å²) >= 11 is 4.76. The van der Waals surface area contributed by atoms with E-state index < -0.39 is 26.8 Å². The van der Waals surface area contributed by atoms with Crippen LogP contribution in [-0.2, 0) is 21.7 Å². The summed E-state index contributed by atoms with van der Waals surface area (Å²) in [6.45, 7) is 3.48. The zero-order valence-electron chi connectivity index (χ0n) is 15.5. The van der Waals surface area contributed by atoms with E-state index in [-0.39, 0.29) is 5.75 Å². The summed E-state index contributed by atoms with van der Waals surface area (Å²) in [7, 11) is -3.19. The van der Waals surface area contributed by atoms with E-state index in [2.05, 4.69) is 25.9 Å². The Morgan fingerprint density at radius 2 is 1.86 bits per heavy atom. The molecule has 3 aromatic rings. The molecule has 0 radical (unpaired) electrons. The molecule has 2 aromatic heterocycles. The molecular formula is C19H17BrF3N3OS2. The fraction of sp³-hybridized carbons (Fsp3) is 0.263. The van der Waals surface area contributed by atoms with Gasteiger partial charge in [-0.15, -0.1) is 11.3 Å². The third kappa shape index (κ3) is 5.04. The lowest BCUT2D eigenvalue weighted by Gasteiger charge is -2.15. The molecule has 2 heterocycles. The molecule has 0 aliphatic rings. The predicted molar refractivity (Wildman–Crippen MR) is 112 cm³/mol. The number of hydrogen-bond acceptors (Lipinski definition) is 5. The minimum Gasteiger partial charge on any atom is -0.252 e. The van der Waals surface area contributed by atoms with E-state index in [1.807, 2.05) is 31.2 Å². The first kappa shape index (κ1) is 21.9. The summed E-state index contributed by atoms with van der Waals surface area (Å²) in [6.07, 6.45) is -3.49. The van der Waals surface area contributed by atoms with E-state index in [0.29, 0.717) is 10.6 Å². The molecule has 2 unspecified atom stereocenters. The van der Waals surface area contributed by atoms with Crippen LogP contribution < -0.4 is 0 Å². The van der Waals surface area contributed by atoms with E-state index in [9.17, 15) is 17.4 Å². The van der Waals surface area contributed by atoms with Crippen LogP contribution in [0.2, 0.25) is 0 Å². The Morgan fingerprint density at radius 3 is 2.41 bits per heavy atom. The Bertz CT molecular complexity index is 1110. The van der Waals surface area contributed by atoms with E-state index in [0.717, 1.165) is 32.9 Å². The van der Waals surface area contributed by atoms with E-state index in [1.165, 1.54) is 17.4 Å². The zero-order valence-corrected chi connectivity index (χ0v) is 18.7. The van der Waals surface area contributed by atoms with Crippen LogP contribution in [0.15, 0.2) is 47.1 Å². The molecular weight excluding hydrogens is 487 g/mol. The van der Waals surface area contributed by atoms with Crippen LogP contribution in [0.4, 0.5) is 13.2 Å². The lowest BCUT2D eigenvalue weighted by atomic mass is 10.1. The molecule has 1 aromatic carbocycles. The maximum Gasteiger partial charge on any atom is 0.433 e. The Balaban J connectivity index is 1.82. The number of benzene rings is 1. The number of aryl methyl sites for hydroxylation is 1. The molecule has 154 valence electrons. The van der Waals surface area contributed by atoms with Crippen molar-refractivity contribution in [1.29, 1.82) is 4.78 Å². The average Bonchev–Trinajstić information content (AvgIpc) is 3.00. The maximum absolute atomic E-state index is 13.0. The van der Waals surface area contributed by atoms with Gasteiger partial charge in [-0.05, 0) is 37.6 Å². The number of nitrogens with zero attached hydrogens (tertiary/aromatic N) is 2. The maximum atomic E-state index is 13.0. The second-order valence-corrected chi connectivity index (χ2v) is 11.2. The lowest BCUT2D eigenvalue weighted by Crippen LogP contribution is -2.13. The molecule has 0 saturated carbocycles. The van der Waals surface area contributed by atoms with Gasteiger partial charge < -0.3 is 0 Å². The molecule has 0 amide bonds. The highest BCUT2D eigenvalue weighted by Gasteiger charge is 2.32. The second-order valence-electron chi connectivity index (χ2n) is 6.51. The molecule has 1 N–H and O–H groups in total. The van der Waals surface area contributed by atoms with E-state index >= 15 is 0 Å². The van der Waals surface area contributed by atoms with Crippen LogP contribution in [-0.4, -0.2) is 14.2 Å². The van der Waals surface area contributed by atoms with Crippen molar-refractivity contribution >= 4 is 37.0 Å². The van der Waals surface area contributed by atoms with Crippen molar-refractivity contribution in [2.75, 3.05) is 0 Å². The number of aromatic nitrogens is 2. The van der Waals surface area contributed by atoms with Gasteiger partial charge in [0.25, 0.3) is 0 Å². The summed E-state index contributed by atoms with van der Waals surface area (Å²) in [5.41, 5.74) is 1.01. The predicted octanol–water partition coefficient (Wildman–Crippen LogP) is 6.60. The molecule has 2 atom stereocenters. The van der Waals surface area contributed by atoms with E-state index in [4.69, 9.17) is 4.78 Å². The normalized spacial score (nSPS) is 15.1. The monoisotopic (exact) mass is 503 g/mol. The average molecular weight is 504 g/mol. The topological polar surface area (TPSA) is 66.7 Å². The third-order valence-corrected chi connectivity index (χ3v) is 8.21. The summed E-state index contributed by atoms with van der Waals surface area (Å²) in [5.74, 6) is -0.0722. The first-order chi connectivity index (χ1) is 13.5. The molecule has 0 spiro atoms. The largest absolute Gasteiger partial charge is 0.433 e. The Hall–Kier alpha value is -1.78. The van der Waals surface area contributed by atoms with Gasteiger partial charge in [-0.1, -0.05) is 34.1 Å². The fourth-order valence-corrected chi connectivity index (χ4v) is 5.77. The second kappa shape index (κ2) is 8.16. The first-order valence-electron chi connectivity index (χ1n) is 8.48. The van der Waals surface area contributed by atoms with Gasteiger partial charge >= 0.3 is 6.18 Å². The van der Waals surface area contributed by atoms with Crippen LogP contribution in [0.25, 0.3) is 11.3 Å². The molecule has 3 rings (SSSR count). The van der Waals surface area contributed by atoms with Crippen molar-refractivity contribution in [2.24, 2.45) is 0 Å². The van der Waals surface area contributed by atoms with Gasteiger partial charge in [0, 0.05) is 21.1 Å². The van der Waals surface area contributed by atoms with Crippen molar-refractivity contribution in [1.82, 2.24) is 9.97 Å². The van der Waals surface area contributed by atoms with E-state index in [1.54, 1.807) is 6.92 Å². The molecule has 0 fully saturated rings. The van der Waals surface area contributed by atoms with Crippen molar-refractivity contribution in [2.45, 2.75) is 31.0 Å². The summed E-state index contributed by atoms with van der Waals surface area (Å²) in [6, 6.07) is 9.73. The van der Waals surface area contributed by atoms with Gasteiger partial charge in [0.05, 0.1) is 26.4 Å². The minimum atomic E-state index is -4.54. The molecule has 10 heteroatoms. The standard InChI is InChI=1S/C19H17BrF3N3OS2/c1-11-18(13-3-6-15(20)7-4-13)26-17(28-11)10-29(24,27)12(2)14-5-8-16(25-9-14)19(21,22)23/h3-9,12,24H,10H2,1-2H3. The molecule has 0 aliphatic carbocycles. The first-order valence-corrected chi connectivity index (χ1v) is 11.9. The van der Waals surface area contributed by atoms with Crippen LogP contribution in [0.1, 0.15) is 33.3 Å². The summed E-state index contributed by atoms with van der Waals surface area (Å²) in [4.78, 5) is 8.91.